The highest BCUT2D eigenvalue weighted by atomic mass is 32.1. The van der Waals surface area contributed by atoms with Gasteiger partial charge in [0.05, 0.1) is 21.8 Å². The third kappa shape index (κ3) is 2.56. The molecule has 0 N–H and O–H groups in total. The van der Waals surface area contributed by atoms with Gasteiger partial charge in [0.1, 0.15) is 17.4 Å². The number of rotatable bonds is 3. The lowest BCUT2D eigenvalue weighted by Crippen LogP contribution is -1.94. The van der Waals surface area contributed by atoms with Crippen LogP contribution in [0, 0.1) is 11.3 Å². The van der Waals surface area contributed by atoms with Crippen molar-refractivity contribution < 1.29 is 4.74 Å². The Morgan fingerprint density at radius 3 is 2.63 bits per heavy atom. The van der Waals surface area contributed by atoms with Crippen molar-refractivity contribution in [1.82, 2.24) is 4.98 Å². The Kier molecular flexibility index (Phi) is 3.13. The van der Waals surface area contributed by atoms with E-state index in [1.807, 2.05) is 18.2 Å². The molecule has 3 nitrogen and oxygen atoms in total. The number of para-hydroxylation sites is 1. The predicted octanol–water partition coefficient (Wildman–Crippen LogP) is 3.75. The summed E-state index contributed by atoms with van der Waals surface area (Å²) in [6, 6.07) is 17.2. The summed E-state index contributed by atoms with van der Waals surface area (Å²) in [6.07, 6.45) is 0. The zero-order chi connectivity index (χ0) is 13.1. The minimum Gasteiger partial charge on any atom is -0.486 e. The second-order valence-electron chi connectivity index (χ2n) is 4.00. The average molecular weight is 266 g/mol. The number of nitriles is 1. The van der Waals surface area contributed by atoms with E-state index in [4.69, 9.17) is 10.00 Å². The van der Waals surface area contributed by atoms with Crippen LogP contribution in [0.4, 0.5) is 0 Å². The van der Waals surface area contributed by atoms with Crippen LogP contribution in [0.3, 0.4) is 0 Å². The summed E-state index contributed by atoms with van der Waals surface area (Å²) in [7, 11) is 0. The molecule has 2 aromatic carbocycles. The normalized spacial score (nSPS) is 10.3. The summed E-state index contributed by atoms with van der Waals surface area (Å²) in [5.41, 5.74) is 1.64. The highest BCUT2D eigenvalue weighted by Crippen LogP contribution is 2.23. The van der Waals surface area contributed by atoms with Gasteiger partial charge in [-0.15, -0.1) is 11.3 Å². The number of hydrogen-bond donors (Lipinski definition) is 0. The van der Waals surface area contributed by atoms with E-state index in [2.05, 4.69) is 17.1 Å². The molecule has 0 amide bonds. The average Bonchev–Trinajstić information content (AvgIpc) is 2.88. The number of fused-ring (bicyclic) bond motifs is 1. The number of ether oxygens (including phenoxy) is 1. The second-order valence-corrected chi connectivity index (χ2v) is 5.12. The smallest absolute Gasteiger partial charge is 0.140 e. The molecular formula is C15H10N2OS. The summed E-state index contributed by atoms with van der Waals surface area (Å²) in [6.45, 7) is 0.450. The quantitative estimate of drug-likeness (QED) is 0.725. The van der Waals surface area contributed by atoms with Gasteiger partial charge < -0.3 is 4.74 Å². The van der Waals surface area contributed by atoms with Gasteiger partial charge in [-0.05, 0) is 36.4 Å². The zero-order valence-electron chi connectivity index (χ0n) is 10.0. The molecule has 0 saturated heterocycles. The van der Waals surface area contributed by atoms with Crippen molar-refractivity contribution in [1.29, 1.82) is 5.26 Å². The first kappa shape index (κ1) is 11.7. The van der Waals surface area contributed by atoms with Crippen LogP contribution in [-0.2, 0) is 6.61 Å². The van der Waals surface area contributed by atoms with Crippen molar-refractivity contribution in [2.24, 2.45) is 0 Å². The standard InChI is InChI=1S/C15H10N2OS/c16-9-11-5-7-12(8-6-11)18-10-15-17-13-3-1-2-4-14(13)19-15/h1-8H,10H2. The van der Waals surface area contributed by atoms with Crippen molar-refractivity contribution in [2.75, 3.05) is 0 Å². The Hall–Kier alpha value is -2.38. The van der Waals surface area contributed by atoms with Gasteiger partial charge in [-0.25, -0.2) is 4.98 Å². The lowest BCUT2D eigenvalue weighted by atomic mass is 10.2. The van der Waals surface area contributed by atoms with E-state index in [1.54, 1.807) is 35.6 Å². The SMILES string of the molecule is N#Cc1ccc(OCc2nc3ccccc3s2)cc1. The number of thiazole rings is 1. The fourth-order valence-electron chi connectivity index (χ4n) is 1.75. The molecule has 0 saturated carbocycles. The monoisotopic (exact) mass is 266 g/mol. The Balaban J connectivity index is 1.73. The van der Waals surface area contributed by atoms with E-state index in [-0.39, 0.29) is 0 Å². The first-order valence-corrected chi connectivity index (χ1v) is 6.64. The van der Waals surface area contributed by atoms with Crippen LogP contribution in [0.2, 0.25) is 0 Å². The molecule has 0 atom stereocenters. The van der Waals surface area contributed by atoms with Crippen LogP contribution in [0.1, 0.15) is 10.6 Å². The van der Waals surface area contributed by atoms with Gasteiger partial charge in [0.15, 0.2) is 0 Å². The van der Waals surface area contributed by atoms with Gasteiger partial charge in [0.2, 0.25) is 0 Å². The summed E-state index contributed by atoms with van der Waals surface area (Å²) in [5, 5.41) is 9.67. The fraction of sp³-hybridized carbons (Fsp3) is 0.0667. The van der Waals surface area contributed by atoms with Gasteiger partial charge in [-0.2, -0.15) is 5.26 Å². The van der Waals surface area contributed by atoms with Gasteiger partial charge in [-0.3, -0.25) is 0 Å². The maximum absolute atomic E-state index is 8.72. The summed E-state index contributed by atoms with van der Waals surface area (Å²) >= 11 is 1.64. The molecule has 92 valence electrons. The molecule has 0 aliphatic rings. The molecule has 3 aromatic rings. The van der Waals surface area contributed by atoms with E-state index in [0.29, 0.717) is 12.2 Å². The summed E-state index contributed by atoms with van der Waals surface area (Å²) in [4.78, 5) is 4.50. The minimum atomic E-state index is 0.450. The molecule has 0 aliphatic carbocycles. The first-order chi connectivity index (χ1) is 9.35. The lowest BCUT2D eigenvalue weighted by Gasteiger charge is -2.03. The lowest BCUT2D eigenvalue weighted by molar-refractivity contribution is 0.306. The predicted molar refractivity (Wildman–Crippen MR) is 75.1 cm³/mol. The largest absolute Gasteiger partial charge is 0.486 e. The number of aromatic nitrogens is 1. The summed E-state index contributed by atoms with van der Waals surface area (Å²) in [5.74, 6) is 0.748. The Labute approximate surface area is 114 Å². The number of hydrogen-bond acceptors (Lipinski definition) is 4. The van der Waals surface area contributed by atoms with Crippen molar-refractivity contribution in [2.45, 2.75) is 6.61 Å². The minimum absolute atomic E-state index is 0.450. The Bertz CT molecular complexity index is 708. The highest BCUT2D eigenvalue weighted by molar-refractivity contribution is 7.18. The Morgan fingerprint density at radius 2 is 1.89 bits per heavy atom. The summed E-state index contributed by atoms with van der Waals surface area (Å²) < 4.78 is 6.83. The van der Waals surface area contributed by atoms with Crippen molar-refractivity contribution in [3.8, 4) is 11.8 Å². The molecule has 0 bridgehead atoms. The highest BCUT2D eigenvalue weighted by Gasteiger charge is 2.03. The Morgan fingerprint density at radius 1 is 1.11 bits per heavy atom. The molecule has 4 heteroatoms. The molecular weight excluding hydrogens is 256 g/mol. The zero-order valence-corrected chi connectivity index (χ0v) is 10.9. The van der Waals surface area contributed by atoms with E-state index in [1.165, 1.54) is 4.70 Å². The van der Waals surface area contributed by atoms with Crippen LogP contribution >= 0.6 is 11.3 Å². The van der Waals surface area contributed by atoms with Gasteiger partial charge in [0, 0.05) is 0 Å². The fourth-order valence-corrected chi connectivity index (χ4v) is 2.63. The van der Waals surface area contributed by atoms with Gasteiger partial charge >= 0.3 is 0 Å². The molecule has 0 unspecified atom stereocenters. The van der Waals surface area contributed by atoms with E-state index < -0.39 is 0 Å². The number of benzene rings is 2. The van der Waals surface area contributed by atoms with Gasteiger partial charge in [0.25, 0.3) is 0 Å². The maximum atomic E-state index is 8.72. The second kappa shape index (κ2) is 5.09. The van der Waals surface area contributed by atoms with Crippen LogP contribution in [0.15, 0.2) is 48.5 Å². The molecule has 0 spiro atoms. The molecule has 19 heavy (non-hydrogen) atoms. The molecule has 0 fully saturated rings. The maximum Gasteiger partial charge on any atom is 0.140 e. The van der Waals surface area contributed by atoms with E-state index in [9.17, 15) is 0 Å². The topological polar surface area (TPSA) is 45.9 Å². The van der Waals surface area contributed by atoms with Crippen LogP contribution in [0.5, 0.6) is 5.75 Å². The molecule has 3 rings (SSSR count). The van der Waals surface area contributed by atoms with Crippen molar-refractivity contribution >= 4 is 21.6 Å². The molecule has 1 aromatic heterocycles. The van der Waals surface area contributed by atoms with Crippen LogP contribution in [0.25, 0.3) is 10.2 Å². The van der Waals surface area contributed by atoms with Gasteiger partial charge in [-0.1, -0.05) is 12.1 Å². The van der Waals surface area contributed by atoms with Crippen molar-refractivity contribution in [3.05, 3.63) is 59.1 Å². The third-order valence-electron chi connectivity index (χ3n) is 2.68. The van der Waals surface area contributed by atoms with E-state index in [0.717, 1.165) is 16.3 Å². The van der Waals surface area contributed by atoms with Crippen LogP contribution in [-0.4, -0.2) is 4.98 Å². The van der Waals surface area contributed by atoms with Crippen molar-refractivity contribution in [3.63, 3.8) is 0 Å². The first-order valence-electron chi connectivity index (χ1n) is 5.82. The molecule has 0 radical (unpaired) electrons. The van der Waals surface area contributed by atoms with E-state index >= 15 is 0 Å². The third-order valence-corrected chi connectivity index (χ3v) is 3.69. The molecule has 1 heterocycles. The number of nitrogens with zero attached hydrogens (tertiary/aromatic N) is 2. The van der Waals surface area contributed by atoms with Crippen LogP contribution < -0.4 is 4.74 Å². The molecule has 0 aliphatic heterocycles.